The van der Waals surface area contributed by atoms with Crippen LogP contribution in [0.5, 0.6) is 0 Å². The van der Waals surface area contributed by atoms with E-state index in [0.29, 0.717) is 0 Å². The van der Waals surface area contributed by atoms with Crippen LogP contribution in [0.4, 0.5) is 5.69 Å². The minimum Gasteiger partial charge on any atom is -0.370 e. The molecule has 4 rings (SSSR count). The number of rotatable bonds is 1. The predicted octanol–water partition coefficient (Wildman–Crippen LogP) is 3.23. The molecule has 120 valence electrons. The number of aryl methyl sites for hydroxylation is 2. The summed E-state index contributed by atoms with van der Waals surface area (Å²) in [6.07, 6.45) is 5.86. The first kappa shape index (κ1) is 14.7. The van der Waals surface area contributed by atoms with Crippen LogP contribution in [0.25, 0.3) is 22.4 Å². The Morgan fingerprint density at radius 2 is 1.92 bits per heavy atom. The monoisotopic (exact) mass is 317 g/mol. The molecular weight excluding hydrogens is 298 g/mol. The number of anilines is 1. The van der Waals surface area contributed by atoms with E-state index < -0.39 is 0 Å². The summed E-state index contributed by atoms with van der Waals surface area (Å²) in [5.74, 6) is 0. The molecule has 0 amide bonds. The van der Waals surface area contributed by atoms with E-state index in [-0.39, 0.29) is 5.43 Å². The average Bonchev–Trinajstić information content (AvgIpc) is 2.94. The molecule has 0 saturated heterocycles. The van der Waals surface area contributed by atoms with Crippen LogP contribution in [0.3, 0.4) is 0 Å². The SMILES string of the molecule is Cc1ccc2ccc3c(c(=O)c2c1)C=C(c1cnn(C)c1)CN3C. The van der Waals surface area contributed by atoms with E-state index in [1.807, 2.05) is 69.8 Å². The van der Waals surface area contributed by atoms with Crippen molar-refractivity contribution in [3.05, 3.63) is 69.6 Å². The zero-order chi connectivity index (χ0) is 16.8. The molecular formula is C20H19N3O. The maximum Gasteiger partial charge on any atom is 0.195 e. The standard InChI is InChI=1S/C20H19N3O/c1-13-4-5-14-6-7-19-18(20(24)17(14)8-13)9-15(11-22(19)2)16-10-21-23(3)12-16/h4-10,12H,11H2,1-3H3. The Morgan fingerprint density at radius 1 is 1.12 bits per heavy atom. The van der Waals surface area contributed by atoms with Crippen LogP contribution >= 0.6 is 0 Å². The van der Waals surface area contributed by atoms with Crippen LogP contribution in [0, 0.1) is 6.92 Å². The topological polar surface area (TPSA) is 38.1 Å². The van der Waals surface area contributed by atoms with Crippen LogP contribution in [0.1, 0.15) is 16.7 Å². The van der Waals surface area contributed by atoms with Crippen molar-refractivity contribution in [2.24, 2.45) is 7.05 Å². The van der Waals surface area contributed by atoms with Gasteiger partial charge in [-0.15, -0.1) is 0 Å². The van der Waals surface area contributed by atoms with Gasteiger partial charge in [0.15, 0.2) is 5.43 Å². The Bertz CT molecular complexity index is 1050. The van der Waals surface area contributed by atoms with Crippen LogP contribution in [-0.2, 0) is 7.05 Å². The molecule has 4 heteroatoms. The number of benzene rings is 1. The van der Waals surface area contributed by atoms with Gasteiger partial charge in [-0.1, -0.05) is 23.8 Å². The Kier molecular flexibility index (Phi) is 3.27. The number of hydrogen-bond acceptors (Lipinski definition) is 3. The molecule has 0 spiro atoms. The fourth-order valence-electron chi connectivity index (χ4n) is 3.33. The van der Waals surface area contributed by atoms with Crippen molar-refractivity contribution in [2.75, 3.05) is 18.5 Å². The highest BCUT2D eigenvalue weighted by atomic mass is 16.1. The maximum atomic E-state index is 13.2. The van der Waals surface area contributed by atoms with E-state index in [0.717, 1.165) is 45.3 Å². The summed E-state index contributed by atoms with van der Waals surface area (Å²) in [5, 5.41) is 6.00. The van der Waals surface area contributed by atoms with Gasteiger partial charge < -0.3 is 4.90 Å². The van der Waals surface area contributed by atoms with E-state index in [1.54, 1.807) is 4.68 Å². The summed E-state index contributed by atoms with van der Waals surface area (Å²) in [5.41, 5.74) is 5.08. The molecule has 1 aliphatic heterocycles. The molecule has 0 aliphatic carbocycles. The van der Waals surface area contributed by atoms with E-state index >= 15 is 0 Å². The van der Waals surface area contributed by atoms with Crippen LogP contribution in [0.15, 0.2) is 47.5 Å². The minimum atomic E-state index is 0.0849. The highest BCUT2D eigenvalue weighted by Crippen LogP contribution is 2.30. The van der Waals surface area contributed by atoms with Gasteiger partial charge in [0.1, 0.15) is 0 Å². The van der Waals surface area contributed by atoms with Crippen molar-refractivity contribution < 1.29 is 0 Å². The number of fused-ring (bicyclic) bond motifs is 2. The Labute approximate surface area is 140 Å². The molecule has 24 heavy (non-hydrogen) atoms. The first-order chi connectivity index (χ1) is 11.5. The lowest BCUT2D eigenvalue weighted by Crippen LogP contribution is -2.25. The molecule has 2 aromatic carbocycles. The van der Waals surface area contributed by atoms with Gasteiger partial charge in [-0.3, -0.25) is 9.48 Å². The van der Waals surface area contributed by atoms with Crippen LogP contribution in [0.2, 0.25) is 0 Å². The lowest BCUT2D eigenvalue weighted by molar-refractivity contribution is 0.767. The minimum absolute atomic E-state index is 0.0849. The maximum absolute atomic E-state index is 13.2. The molecule has 0 unspecified atom stereocenters. The summed E-state index contributed by atoms with van der Waals surface area (Å²) in [6.45, 7) is 2.78. The molecule has 0 fully saturated rings. The average molecular weight is 317 g/mol. The van der Waals surface area contributed by atoms with Gasteiger partial charge >= 0.3 is 0 Å². The zero-order valence-electron chi connectivity index (χ0n) is 14.1. The van der Waals surface area contributed by atoms with Crippen molar-refractivity contribution >= 4 is 28.1 Å². The summed E-state index contributed by atoms with van der Waals surface area (Å²) < 4.78 is 1.79. The second kappa shape index (κ2) is 5.34. The largest absolute Gasteiger partial charge is 0.370 e. The van der Waals surface area contributed by atoms with Crippen molar-refractivity contribution in [2.45, 2.75) is 6.92 Å². The third-order valence-corrected chi connectivity index (χ3v) is 4.61. The van der Waals surface area contributed by atoms with Gasteiger partial charge in [0.2, 0.25) is 0 Å². The van der Waals surface area contributed by atoms with Crippen molar-refractivity contribution in [3.8, 4) is 0 Å². The molecule has 1 aromatic heterocycles. The first-order valence-corrected chi connectivity index (χ1v) is 8.01. The quantitative estimate of drug-likeness (QED) is 0.691. The van der Waals surface area contributed by atoms with Gasteiger partial charge in [-0.05, 0) is 36.1 Å². The second-order valence-electron chi connectivity index (χ2n) is 6.48. The molecule has 1 aliphatic rings. The van der Waals surface area contributed by atoms with E-state index in [9.17, 15) is 4.79 Å². The third kappa shape index (κ3) is 2.31. The third-order valence-electron chi connectivity index (χ3n) is 4.61. The molecule has 0 saturated carbocycles. The molecule has 0 radical (unpaired) electrons. The van der Waals surface area contributed by atoms with E-state index in [1.165, 1.54) is 0 Å². The van der Waals surface area contributed by atoms with Crippen molar-refractivity contribution in [3.63, 3.8) is 0 Å². The van der Waals surface area contributed by atoms with Gasteiger partial charge in [0.05, 0.1) is 6.20 Å². The molecule has 3 aromatic rings. The van der Waals surface area contributed by atoms with Crippen molar-refractivity contribution in [1.29, 1.82) is 0 Å². The van der Waals surface area contributed by atoms with Gasteiger partial charge in [-0.25, -0.2) is 0 Å². The lowest BCUT2D eigenvalue weighted by Gasteiger charge is -2.26. The molecule has 0 bridgehead atoms. The number of nitrogens with zero attached hydrogens (tertiary/aromatic N) is 3. The molecule has 0 N–H and O–H groups in total. The lowest BCUT2D eigenvalue weighted by atomic mass is 10.00. The van der Waals surface area contributed by atoms with Crippen molar-refractivity contribution in [1.82, 2.24) is 9.78 Å². The number of aromatic nitrogens is 2. The smallest absolute Gasteiger partial charge is 0.195 e. The Morgan fingerprint density at radius 3 is 2.67 bits per heavy atom. The molecule has 2 heterocycles. The van der Waals surface area contributed by atoms with Crippen LogP contribution < -0.4 is 10.3 Å². The fraction of sp³-hybridized carbons (Fsp3) is 0.200. The summed E-state index contributed by atoms with van der Waals surface area (Å²) in [7, 11) is 3.93. The van der Waals surface area contributed by atoms with Gasteiger partial charge in [-0.2, -0.15) is 5.10 Å². The second-order valence-corrected chi connectivity index (χ2v) is 6.48. The van der Waals surface area contributed by atoms with Gasteiger partial charge in [0, 0.05) is 49.0 Å². The predicted molar refractivity (Wildman–Crippen MR) is 99.3 cm³/mol. The highest BCUT2D eigenvalue weighted by molar-refractivity contribution is 5.94. The fourth-order valence-corrected chi connectivity index (χ4v) is 3.33. The zero-order valence-corrected chi connectivity index (χ0v) is 14.1. The van der Waals surface area contributed by atoms with E-state index in [2.05, 4.69) is 10.00 Å². The van der Waals surface area contributed by atoms with Gasteiger partial charge in [0.25, 0.3) is 0 Å². The Hall–Kier alpha value is -2.88. The number of hydrogen-bond donors (Lipinski definition) is 0. The van der Waals surface area contributed by atoms with E-state index in [4.69, 9.17) is 0 Å². The number of likely N-dealkylation sites (N-methyl/N-ethyl adjacent to an activating group) is 1. The first-order valence-electron chi connectivity index (χ1n) is 8.01. The summed E-state index contributed by atoms with van der Waals surface area (Å²) >= 11 is 0. The van der Waals surface area contributed by atoms with Crippen LogP contribution in [-0.4, -0.2) is 23.4 Å². The summed E-state index contributed by atoms with van der Waals surface area (Å²) in [6, 6.07) is 10.1. The molecule has 0 atom stereocenters. The summed E-state index contributed by atoms with van der Waals surface area (Å²) in [4.78, 5) is 15.3. The highest BCUT2D eigenvalue weighted by Gasteiger charge is 2.19. The molecule has 4 nitrogen and oxygen atoms in total. The normalized spacial score (nSPS) is 13.8. The Balaban J connectivity index is 2.02.